The summed E-state index contributed by atoms with van der Waals surface area (Å²) in [5.74, 6) is 0.153. The normalized spacial score (nSPS) is 17.2. The number of carbonyl (C=O) groups excluding carboxylic acids is 1. The molecule has 1 saturated heterocycles. The smallest absolute Gasteiger partial charge is 0.254 e. The molecule has 27 heavy (non-hydrogen) atoms. The number of aromatic nitrogens is 4. The average molecular weight is 382 g/mol. The molecule has 2 aromatic heterocycles. The molecule has 1 aliphatic rings. The predicted octanol–water partition coefficient (Wildman–Crippen LogP) is 3.41. The Balaban J connectivity index is 1.41. The summed E-state index contributed by atoms with van der Waals surface area (Å²) in [5.41, 5.74) is 1.84. The number of nitrogens with zero attached hydrogens (tertiary/aromatic N) is 5. The molecule has 1 fully saturated rings. The number of piperidine rings is 1. The lowest BCUT2D eigenvalue weighted by Gasteiger charge is -2.36. The van der Waals surface area contributed by atoms with Crippen molar-refractivity contribution >= 4 is 17.2 Å². The average Bonchev–Trinajstić information content (AvgIpc) is 3.41. The number of hydrogen-bond acceptors (Lipinski definition) is 5. The van der Waals surface area contributed by atoms with Crippen LogP contribution in [-0.2, 0) is 13.0 Å². The van der Waals surface area contributed by atoms with Crippen molar-refractivity contribution in [1.82, 2.24) is 25.1 Å². The zero-order valence-electron chi connectivity index (χ0n) is 15.2. The Bertz CT molecular complexity index is 845. The summed E-state index contributed by atoms with van der Waals surface area (Å²) >= 11 is 1.80. The molecule has 7 heteroatoms. The van der Waals surface area contributed by atoms with Gasteiger partial charge in [0.1, 0.15) is 6.33 Å². The predicted molar refractivity (Wildman–Crippen MR) is 105 cm³/mol. The van der Waals surface area contributed by atoms with Gasteiger partial charge in [-0.1, -0.05) is 18.2 Å². The van der Waals surface area contributed by atoms with E-state index in [0.717, 1.165) is 43.4 Å². The van der Waals surface area contributed by atoms with Gasteiger partial charge in [-0.2, -0.15) is 0 Å². The van der Waals surface area contributed by atoms with Crippen LogP contribution in [0.3, 0.4) is 0 Å². The maximum Gasteiger partial charge on any atom is 0.254 e. The Morgan fingerprint density at radius 3 is 2.81 bits per heavy atom. The maximum absolute atomic E-state index is 13.1. The van der Waals surface area contributed by atoms with Crippen molar-refractivity contribution in [3.63, 3.8) is 0 Å². The topological polar surface area (TPSA) is 63.9 Å². The summed E-state index contributed by atoms with van der Waals surface area (Å²) in [7, 11) is 0. The summed E-state index contributed by atoms with van der Waals surface area (Å²) in [6, 6.07) is 12.4. The summed E-state index contributed by atoms with van der Waals surface area (Å²) in [5, 5.41) is 13.3. The van der Waals surface area contributed by atoms with E-state index in [4.69, 9.17) is 0 Å². The van der Waals surface area contributed by atoms with Gasteiger partial charge in [0.25, 0.3) is 5.91 Å². The van der Waals surface area contributed by atoms with E-state index in [1.165, 1.54) is 11.3 Å². The summed E-state index contributed by atoms with van der Waals surface area (Å²) in [6.45, 7) is 1.47. The fraction of sp³-hybridized carbons (Fsp3) is 0.400. The van der Waals surface area contributed by atoms with E-state index in [2.05, 4.69) is 37.9 Å². The Morgan fingerprint density at radius 1 is 1.19 bits per heavy atom. The first kappa shape index (κ1) is 17.9. The number of benzene rings is 1. The molecule has 6 nitrogen and oxygen atoms in total. The van der Waals surface area contributed by atoms with Gasteiger partial charge in [-0.05, 0) is 71.7 Å². The molecule has 3 aromatic rings. The van der Waals surface area contributed by atoms with Crippen LogP contribution in [0.5, 0.6) is 0 Å². The Hall–Kier alpha value is -2.54. The van der Waals surface area contributed by atoms with Gasteiger partial charge in [0.05, 0.1) is 6.54 Å². The van der Waals surface area contributed by atoms with E-state index in [1.807, 2.05) is 24.3 Å². The molecule has 0 bridgehead atoms. The lowest BCUT2D eigenvalue weighted by atomic mass is 9.96. The van der Waals surface area contributed by atoms with Crippen LogP contribution in [0.15, 0.2) is 48.1 Å². The zero-order chi connectivity index (χ0) is 18.5. The Morgan fingerprint density at radius 2 is 2.07 bits per heavy atom. The molecule has 0 saturated carbocycles. The van der Waals surface area contributed by atoms with Crippen molar-refractivity contribution in [2.45, 2.75) is 44.7 Å². The van der Waals surface area contributed by atoms with E-state index in [1.54, 1.807) is 22.3 Å². The van der Waals surface area contributed by atoms with E-state index >= 15 is 0 Å². The van der Waals surface area contributed by atoms with Gasteiger partial charge in [0, 0.05) is 23.0 Å². The molecule has 140 valence electrons. The van der Waals surface area contributed by atoms with Crippen LogP contribution < -0.4 is 0 Å². The minimum absolute atomic E-state index is 0.153. The van der Waals surface area contributed by atoms with Crippen LogP contribution >= 0.6 is 11.3 Å². The highest BCUT2D eigenvalue weighted by Crippen LogP contribution is 2.24. The van der Waals surface area contributed by atoms with Gasteiger partial charge in [0.2, 0.25) is 0 Å². The molecule has 0 unspecified atom stereocenters. The molecule has 0 radical (unpaired) electrons. The van der Waals surface area contributed by atoms with Gasteiger partial charge in [0.15, 0.2) is 0 Å². The van der Waals surface area contributed by atoms with Crippen molar-refractivity contribution in [3.8, 4) is 0 Å². The Kier molecular flexibility index (Phi) is 5.58. The number of hydrogen-bond donors (Lipinski definition) is 0. The highest BCUT2D eigenvalue weighted by molar-refractivity contribution is 7.09. The summed E-state index contributed by atoms with van der Waals surface area (Å²) in [4.78, 5) is 16.6. The van der Waals surface area contributed by atoms with Gasteiger partial charge >= 0.3 is 0 Å². The van der Waals surface area contributed by atoms with Crippen molar-refractivity contribution in [1.29, 1.82) is 0 Å². The number of aryl methyl sites for hydroxylation is 1. The van der Waals surface area contributed by atoms with Crippen LogP contribution in [0.1, 0.15) is 46.5 Å². The highest BCUT2D eigenvalue weighted by Gasteiger charge is 2.27. The molecular formula is C20H23N5OS. The third-order valence-electron chi connectivity index (χ3n) is 5.13. The first-order chi connectivity index (χ1) is 13.3. The molecule has 4 rings (SSSR count). The molecular weight excluding hydrogens is 358 g/mol. The number of likely N-dealkylation sites (tertiary alicyclic amines) is 1. The minimum atomic E-state index is 0.153. The van der Waals surface area contributed by atoms with E-state index < -0.39 is 0 Å². The third-order valence-corrected chi connectivity index (χ3v) is 6.07. The van der Waals surface area contributed by atoms with Crippen LogP contribution in [0.25, 0.3) is 0 Å². The molecule has 1 amide bonds. The number of tetrazole rings is 1. The largest absolute Gasteiger partial charge is 0.336 e. The lowest BCUT2D eigenvalue weighted by molar-refractivity contribution is 0.0602. The summed E-state index contributed by atoms with van der Waals surface area (Å²) < 4.78 is 1.67. The van der Waals surface area contributed by atoms with Crippen molar-refractivity contribution < 1.29 is 4.79 Å². The van der Waals surface area contributed by atoms with E-state index in [9.17, 15) is 4.79 Å². The van der Waals surface area contributed by atoms with Gasteiger partial charge in [-0.25, -0.2) is 4.68 Å². The molecule has 1 atom stereocenters. The maximum atomic E-state index is 13.1. The van der Waals surface area contributed by atoms with Crippen molar-refractivity contribution in [2.75, 3.05) is 6.54 Å². The van der Waals surface area contributed by atoms with Crippen molar-refractivity contribution in [3.05, 3.63) is 64.1 Å². The lowest BCUT2D eigenvalue weighted by Crippen LogP contribution is -2.44. The van der Waals surface area contributed by atoms with E-state index in [-0.39, 0.29) is 5.91 Å². The van der Waals surface area contributed by atoms with Crippen LogP contribution in [0.2, 0.25) is 0 Å². The highest BCUT2D eigenvalue weighted by atomic mass is 32.1. The SMILES string of the molecule is O=C(c1ccc(Cn2cnnn2)cc1)N1CCCC[C@@H]1CCc1cccs1. The van der Waals surface area contributed by atoms with Gasteiger partial charge in [-0.15, -0.1) is 16.4 Å². The Labute approximate surface area is 162 Å². The number of carbonyl (C=O) groups is 1. The second-order valence-electron chi connectivity index (χ2n) is 6.97. The second kappa shape index (κ2) is 8.43. The number of thiophene rings is 1. The molecule has 0 aliphatic carbocycles. The summed E-state index contributed by atoms with van der Waals surface area (Å²) in [6.07, 6.45) is 7.10. The fourth-order valence-electron chi connectivity index (χ4n) is 3.69. The van der Waals surface area contributed by atoms with Crippen LogP contribution in [0.4, 0.5) is 0 Å². The fourth-order valence-corrected chi connectivity index (χ4v) is 4.41. The molecule has 1 aliphatic heterocycles. The molecule has 0 N–H and O–H groups in total. The van der Waals surface area contributed by atoms with Crippen LogP contribution in [-0.4, -0.2) is 43.6 Å². The second-order valence-corrected chi connectivity index (χ2v) is 8.00. The quantitative estimate of drug-likeness (QED) is 0.656. The van der Waals surface area contributed by atoms with Crippen molar-refractivity contribution in [2.24, 2.45) is 0 Å². The molecule has 1 aromatic carbocycles. The minimum Gasteiger partial charge on any atom is -0.336 e. The van der Waals surface area contributed by atoms with Crippen LogP contribution in [0, 0.1) is 0 Å². The number of amides is 1. The standard InChI is InChI=1S/C20H23N5OS/c26-20(17-8-6-16(7-9-17)14-24-15-21-22-23-24)25-12-2-1-4-18(25)10-11-19-5-3-13-27-19/h3,5-9,13,15,18H,1-2,4,10-12,14H2/t18-/m1/s1. The zero-order valence-corrected chi connectivity index (χ0v) is 16.0. The van der Waals surface area contributed by atoms with E-state index in [0.29, 0.717) is 12.6 Å². The monoisotopic (exact) mass is 381 g/mol. The third kappa shape index (κ3) is 4.42. The van der Waals surface area contributed by atoms with Gasteiger partial charge < -0.3 is 4.90 Å². The number of rotatable bonds is 6. The molecule has 0 spiro atoms. The first-order valence-electron chi connectivity index (χ1n) is 9.42. The first-order valence-corrected chi connectivity index (χ1v) is 10.3. The van der Waals surface area contributed by atoms with Gasteiger partial charge in [-0.3, -0.25) is 4.79 Å². The molecule has 3 heterocycles.